The lowest BCUT2D eigenvalue weighted by Gasteiger charge is -2.25. The molecule has 1 aliphatic heterocycles. The average molecular weight is 353 g/mol. The quantitative estimate of drug-likeness (QED) is 0.840. The van der Waals surface area contributed by atoms with Gasteiger partial charge in [-0.05, 0) is 36.5 Å². The molecule has 6 heteroatoms. The molecule has 2 rings (SSSR count). The van der Waals surface area contributed by atoms with E-state index in [1.807, 2.05) is 33.8 Å². The number of carbonyl (C=O) groups excluding carboxylic acids is 1. The van der Waals surface area contributed by atoms with Gasteiger partial charge in [-0.2, -0.15) is 4.31 Å². The normalized spacial score (nSPS) is 17.6. The van der Waals surface area contributed by atoms with E-state index < -0.39 is 10.0 Å². The summed E-state index contributed by atoms with van der Waals surface area (Å²) in [7, 11) is -3.50. The minimum absolute atomic E-state index is 0.0588. The van der Waals surface area contributed by atoms with E-state index in [0.717, 1.165) is 5.56 Å². The molecule has 5 nitrogen and oxygen atoms in total. The van der Waals surface area contributed by atoms with Crippen molar-refractivity contribution in [3.63, 3.8) is 0 Å². The number of hydrogen-bond acceptors (Lipinski definition) is 3. The summed E-state index contributed by atoms with van der Waals surface area (Å²) in [4.78, 5) is 14.5. The summed E-state index contributed by atoms with van der Waals surface area (Å²) in [6.45, 7) is 9.89. The number of carbonyl (C=O) groups is 1. The van der Waals surface area contributed by atoms with E-state index in [9.17, 15) is 13.2 Å². The molecule has 0 bridgehead atoms. The third-order valence-corrected chi connectivity index (χ3v) is 6.01. The molecule has 0 spiro atoms. The second-order valence-electron chi connectivity index (χ2n) is 7.69. The van der Waals surface area contributed by atoms with Crippen LogP contribution in [0.3, 0.4) is 0 Å². The first kappa shape index (κ1) is 18.9. The van der Waals surface area contributed by atoms with E-state index in [-0.39, 0.29) is 11.3 Å². The van der Waals surface area contributed by atoms with E-state index in [1.165, 1.54) is 4.31 Å². The van der Waals surface area contributed by atoms with Gasteiger partial charge in [0.2, 0.25) is 15.9 Å². The van der Waals surface area contributed by atoms with Crippen molar-refractivity contribution in [3.8, 4) is 0 Å². The molecule has 1 aromatic carbocycles. The third kappa shape index (κ3) is 4.80. The average Bonchev–Trinajstić information content (AvgIpc) is 2.72. The number of benzene rings is 1. The van der Waals surface area contributed by atoms with Crippen LogP contribution in [-0.2, 0) is 14.8 Å². The van der Waals surface area contributed by atoms with Crippen LogP contribution in [0.2, 0.25) is 0 Å². The van der Waals surface area contributed by atoms with Crippen molar-refractivity contribution in [2.24, 2.45) is 5.41 Å². The molecular weight excluding hydrogens is 324 g/mol. The molecule has 0 saturated carbocycles. The highest BCUT2D eigenvalue weighted by atomic mass is 32.2. The Morgan fingerprint density at radius 3 is 2.46 bits per heavy atom. The van der Waals surface area contributed by atoms with E-state index in [4.69, 9.17) is 0 Å². The van der Waals surface area contributed by atoms with Crippen LogP contribution in [-0.4, -0.2) is 49.7 Å². The van der Waals surface area contributed by atoms with Gasteiger partial charge in [0.25, 0.3) is 0 Å². The van der Waals surface area contributed by atoms with Crippen LogP contribution in [0.15, 0.2) is 29.2 Å². The summed E-state index contributed by atoms with van der Waals surface area (Å²) in [5.74, 6) is 0.109. The molecule has 24 heavy (non-hydrogen) atoms. The number of nitrogens with zero attached hydrogens (tertiary/aromatic N) is 2. The summed E-state index contributed by atoms with van der Waals surface area (Å²) < 4.78 is 27.1. The standard InChI is InChI=1S/C18H28N2O3S/c1-15-7-5-8-16(13-15)24(22,23)20-10-6-9-19(11-12-20)17(21)14-18(2,3)4/h5,7-8,13H,6,9-12,14H2,1-4H3. The van der Waals surface area contributed by atoms with Crippen molar-refractivity contribution in [1.29, 1.82) is 0 Å². The fraction of sp³-hybridized carbons (Fsp3) is 0.611. The lowest BCUT2D eigenvalue weighted by atomic mass is 9.91. The number of rotatable bonds is 3. The molecule has 0 unspecified atom stereocenters. The molecule has 1 fully saturated rings. The van der Waals surface area contributed by atoms with Crippen LogP contribution < -0.4 is 0 Å². The lowest BCUT2D eigenvalue weighted by Crippen LogP contribution is -2.38. The number of amides is 1. The summed E-state index contributed by atoms with van der Waals surface area (Å²) in [6, 6.07) is 6.98. The predicted octanol–water partition coefficient (Wildman–Crippen LogP) is 2.65. The Hall–Kier alpha value is -1.40. The van der Waals surface area contributed by atoms with Crippen molar-refractivity contribution in [1.82, 2.24) is 9.21 Å². The van der Waals surface area contributed by atoms with Gasteiger partial charge in [-0.15, -0.1) is 0 Å². The second kappa shape index (κ2) is 7.23. The zero-order valence-corrected chi connectivity index (χ0v) is 15.9. The topological polar surface area (TPSA) is 57.7 Å². The lowest BCUT2D eigenvalue weighted by molar-refractivity contribution is -0.132. The van der Waals surface area contributed by atoms with Crippen LogP contribution >= 0.6 is 0 Å². The molecule has 1 amide bonds. The van der Waals surface area contributed by atoms with Gasteiger partial charge in [0, 0.05) is 32.6 Å². The van der Waals surface area contributed by atoms with Crippen molar-refractivity contribution < 1.29 is 13.2 Å². The molecule has 0 N–H and O–H groups in total. The Balaban J connectivity index is 2.09. The fourth-order valence-electron chi connectivity index (χ4n) is 2.87. The third-order valence-electron chi connectivity index (χ3n) is 4.12. The largest absolute Gasteiger partial charge is 0.341 e. The molecule has 1 saturated heterocycles. The van der Waals surface area contributed by atoms with E-state index in [0.29, 0.717) is 43.9 Å². The summed E-state index contributed by atoms with van der Waals surface area (Å²) in [5, 5.41) is 0. The van der Waals surface area contributed by atoms with Crippen LogP contribution in [0, 0.1) is 12.3 Å². The Morgan fingerprint density at radius 2 is 1.83 bits per heavy atom. The van der Waals surface area contributed by atoms with Crippen LogP contribution in [0.25, 0.3) is 0 Å². The minimum Gasteiger partial charge on any atom is -0.341 e. The maximum absolute atomic E-state index is 12.8. The highest BCUT2D eigenvalue weighted by Crippen LogP contribution is 2.22. The predicted molar refractivity (Wildman–Crippen MR) is 95.2 cm³/mol. The Kier molecular flexibility index (Phi) is 5.71. The van der Waals surface area contributed by atoms with Gasteiger partial charge < -0.3 is 4.90 Å². The van der Waals surface area contributed by atoms with E-state index >= 15 is 0 Å². The summed E-state index contributed by atoms with van der Waals surface area (Å²) >= 11 is 0. The molecule has 0 atom stereocenters. The minimum atomic E-state index is -3.50. The fourth-order valence-corrected chi connectivity index (χ4v) is 4.45. The first-order valence-corrected chi connectivity index (χ1v) is 9.88. The van der Waals surface area contributed by atoms with Crippen LogP contribution in [0.1, 0.15) is 39.2 Å². The molecule has 1 aliphatic rings. The Labute approximate surface area is 145 Å². The van der Waals surface area contributed by atoms with E-state index in [1.54, 1.807) is 23.1 Å². The molecule has 1 heterocycles. The first-order chi connectivity index (χ1) is 11.1. The number of aryl methyl sites for hydroxylation is 1. The SMILES string of the molecule is Cc1cccc(S(=O)(=O)N2CCCN(C(=O)CC(C)(C)C)CC2)c1. The Bertz CT molecular complexity index is 692. The van der Waals surface area contributed by atoms with E-state index in [2.05, 4.69) is 0 Å². The molecule has 0 aromatic heterocycles. The maximum Gasteiger partial charge on any atom is 0.243 e. The van der Waals surface area contributed by atoms with Gasteiger partial charge in [0.05, 0.1) is 4.90 Å². The molecule has 134 valence electrons. The highest BCUT2D eigenvalue weighted by Gasteiger charge is 2.29. The molecule has 0 aliphatic carbocycles. The Morgan fingerprint density at radius 1 is 1.12 bits per heavy atom. The van der Waals surface area contributed by atoms with Gasteiger partial charge in [0.15, 0.2) is 0 Å². The van der Waals surface area contributed by atoms with Crippen molar-refractivity contribution in [2.75, 3.05) is 26.2 Å². The van der Waals surface area contributed by atoms with Crippen molar-refractivity contribution in [3.05, 3.63) is 29.8 Å². The first-order valence-electron chi connectivity index (χ1n) is 8.44. The molecule has 1 aromatic rings. The van der Waals surface area contributed by atoms with Gasteiger partial charge >= 0.3 is 0 Å². The smallest absolute Gasteiger partial charge is 0.243 e. The molecule has 0 radical (unpaired) electrons. The summed E-state index contributed by atoms with van der Waals surface area (Å²) in [5.41, 5.74) is 0.865. The zero-order chi connectivity index (χ0) is 18.0. The van der Waals surface area contributed by atoms with Crippen molar-refractivity contribution >= 4 is 15.9 Å². The maximum atomic E-state index is 12.8. The van der Waals surface area contributed by atoms with Gasteiger partial charge in [0.1, 0.15) is 0 Å². The highest BCUT2D eigenvalue weighted by molar-refractivity contribution is 7.89. The molecular formula is C18H28N2O3S. The number of sulfonamides is 1. The monoisotopic (exact) mass is 352 g/mol. The zero-order valence-electron chi connectivity index (χ0n) is 15.1. The number of hydrogen-bond donors (Lipinski definition) is 0. The second-order valence-corrected chi connectivity index (χ2v) is 9.63. The summed E-state index contributed by atoms with van der Waals surface area (Å²) in [6.07, 6.45) is 1.15. The van der Waals surface area contributed by atoms with Gasteiger partial charge in [-0.1, -0.05) is 32.9 Å². The van der Waals surface area contributed by atoms with Gasteiger partial charge in [-0.3, -0.25) is 4.79 Å². The van der Waals surface area contributed by atoms with Crippen LogP contribution in [0.4, 0.5) is 0 Å². The van der Waals surface area contributed by atoms with Gasteiger partial charge in [-0.25, -0.2) is 8.42 Å². The van der Waals surface area contributed by atoms with Crippen LogP contribution in [0.5, 0.6) is 0 Å². The van der Waals surface area contributed by atoms with Crippen molar-refractivity contribution in [2.45, 2.75) is 45.4 Å².